The molecule has 0 radical (unpaired) electrons. The molecule has 0 fully saturated rings. The molecule has 0 bridgehead atoms. The molecule has 7 heteroatoms. The van der Waals surface area contributed by atoms with E-state index < -0.39 is 10.0 Å². The molecule has 1 aromatic heterocycles. The second kappa shape index (κ2) is 5.87. The van der Waals surface area contributed by atoms with Gasteiger partial charge in [0, 0.05) is 26.3 Å². The van der Waals surface area contributed by atoms with E-state index >= 15 is 0 Å². The number of anilines is 1. The third-order valence-electron chi connectivity index (χ3n) is 3.16. The summed E-state index contributed by atoms with van der Waals surface area (Å²) in [6.45, 7) is 3.41. The third-order valence-corrected chi connectivity index (χ3v) is 4.80. The molecule has 0 aliphatic heterocycles. The number of sulfonamides is 1. The summed E-state index contributed by atoms with van der Waals surface area (Å²) in [4.78, 5) is 2.10. The van der Waals surface area contributed by atoms with E-state index in [0.717, 1.165) is 11.3 Å². The van der Waals surface area contributed by atoms with Gasteiger partial charge >= 0.3 is 0 Å². The van der Waals surface area contributed by atoms with Gasteiger partial charge in [0.15, 0.2) is 5.76 Å². The summed E-state index contributed by atoms with van der Waals surface area (Å²) in [6, 6.07) is 7.68. The summed E-state index contributed by atoms with van der Waals surface area (Å²) in [6.07, 6.45) is 0. The lowest BCUT2D eigenvalue weighted by molar-refractivity contribution is 0.390. The van der Waals surface area contributed by atoms with Gasteiger partial charge in [-0.2, -0.15) is 0 Å². The van der Waals surface area contributed by atoms with Crippen molar-refractivity contribution in [3.8, 4) is 0 Å². The van der Waals surface area contributed by atoms with E-state index in [0.29, 0.717) is 11.5 Å². The van der Waals surface area contributed by atoms with E-state index in [9.17, 15) is 8.42 Å². The second-order valence-electron chi connectivity index (χ2n) is 5.04. The molecule has 2 rings (SSSR count). The first kappa shape index (κ1) is 15.5. The lowest BCUT2D eigenvalue weighted by Gasteiger charge is -2.13. The molecule has 2 aromatic rings. The summed E-state index contributed by atoms with van der Waals surface area (Å²) in [7, 11) is 0.287. The van der Waals surface area contributed by atoms with Gasteiger partial charge in [-0.3, -0.25) is 0 Å². The standard InChI is InChI=1S/C14H19N3O3S/c1-10-14(11(2)20-16-10)21(18,19)15-9-12-5-7-13(8-6-12)17(3)4/h5-8,15H,9H2,1-4H3. The molecule has 0 saturated heterocycles. The highest BCUT2D eigenvalue weighted by atomic mass is 32.2. The molecule has 21 heavy (non-hydrogen) atoms. The Morgan fingerprint density at radius 2 is 1.81 bits per heavy atom. The zero-order chi connectivity index (χ0) is 15.6. The van der Waals surface area contributed by atoms with Crippen LogP contribution in [0.25, 0.3) is 0 Å². The molecule has 1 aromatic carbocycles. The summed E-state index contributed by atoms with van der Waals surface area (Å²) < 4.78 is 32.0. The Morgan fingerprint density at radius 1 is 1.19 bits per heavy atom. The average Bonchev–Trinajstić information content (AvgIpc) is 2.77. The minimum atomic E-state index is -3.62. The SMILES string of the molecule is Cc1noc(C)c1S(=O)(=O)NCc1ccc(N(C)C)cc1. The zero-order valence-electron chi connectivity index (χ0n) is 12.5. The van der Waals surface area contributed by atoms with Gasteiger partial charge in [-0.1, -0.05) is 17.3 Å². The maximum atomic E-state index is 12.3. The minimum absolute atomic E-state index is 0.118. The van der Waals surface area contributed by atoms with E-state index in [1.165, 1.54) is 0 Å². The van der Waals surface area contributed by atoms with Crippen LogP contribution in [0.15, 0.2) is 33.7 Å². The second-order valence-corrected chi connectivity index (χ2v) is 6.74. The number of rotatable bonds is 5. The number of hydrogen-bond acceptors (Lipinski definition) is 5. The van der Waals surface area contributed by atoms with Crippen LogP contribution in [0.5, 0.6) is 0 Å². The monoisotopic (exact) mass is 309 g/mol. The van der Waals surface area contributed by atoms with Crippen LogP contribution in [0.3, 0.4) is 0 Å². The Kier molecular flexibility index (Phi) is 4.34. The summed E-state index contributed by atoms with van der Waals surface area (Å²) in [5, 5.41) is 3.67. The quantitative estimate of drug-likeness (QED) is 0.912. The number of benzene rings is 1. The maximum Gasteiger partial charge on any atom is 0.246 e. The largest absolute Gasteiger partial charge is 0.378 e. The molecule has 0 aliphatic rings. The minimum Gasteiger partial charge on any atom is -0.378 e. The Balaban J connectivity index is 2.12. The molecule has 1 N–H and O–H groups in total. The van der Waals surface area contributed by atoms with Crippen molar-refractivity contribution in [2.45, 2.75) is 25.3 Å². The fourth-order valence-electron chi connectivity index (χ4n) is 2.02. The summed E-state index contributed by atoms with van der Waals surface area (Å²) >= 11 is 0. The first-order chi connectivity index (χ1) is 9.81. The predicted octanol–water partition coefficient (Wildman–Crippen LogP) is 1.84. The van der Waals surface area contributed by atoms with E-state index in [1.54, 1.807) is 13.8 Å². The number of hydrogen-bond donors (Lipinski definition) is 1. The lowest BCUT2D eigenvalue weighted by Crippen LogP contribution is -2.24. The maximum absolute atomic E-state index is 12.3. The molecule has 0 atom stereocenters. The van der Waals surface area contributed by atoms with Gasteiger partial charge in [0.1, 0.15) is 10.6 Å². The number of aromatic nitrogens is 1. The summed E-state index contributed by atoms with van der Waals surface area (Å²) in [5.74, 6) is 0.294. The van der Waals surface area contributed by atoms with Gasteiger partial charge < -0.3 is 9.42 Å². The Labute approximate surface area is 124 Å². The van der Waals surface area contributed by atoms with E-state index in [2.05, 4.69) is 9.88 Å². The van der Waals surface area contributed by atoms with Crippen molar-refractivity contribution in [3.63, 3.8) is 0 Å². The van der Waals surface area contributed by atoms with Gasteiger partial charge in [-0.25, -0.2) is 13.1 Å². The first-order valence-electron chi connectivity index (χ1n) is 6.50. The van der Waals surface area contributed by atoms with Crippen molar-refractivity contribution in [2.75, 3.05) is 19.0 Å². The Morgan fingerprint density at radius 3 is 2.29 bits per heavy atom. The van der Waals surface area contributed by atoms with Crippen LogP contribution in [0.2, 0.25) is 0 Å². The van der Waals surface area contributed by atoms with E-state index in [-0.39, 0.29) is 11.4 Å². The Hall–Kier alpha value is -1.86. The van der Waals surface area contributed by atoms with Gasteiger partial charge in [0.2, 0.25) is 10.0 Å². The molecular formula is C14H19N3O3S. The van der Waals surface area contributed by atoms with Gasteiger partial charge in [-0.15, -0.1) is 0 Å². The smallest absolute Gasteiger partial charge is 0.246 e. The molecule has 0 aliphatic carbocycles. The molecule has 0 unspecified atom stereocenters. The van der Waals surface area contributed by atoms with Crippen LogP contribution in [-0.4, -0.2) is 27.7 Å². The highest BCUT2D eigenvalue weighted by Gasteiger charge is 2.23. The molecule has 0 saturated carbocycles. The number of aryl methyl sites for hydroxylation is 2. The van der Waals surface area contributed by atoms with Crippen molar-refractivity contribution in [1.29, 1.82) is 0 Å². The molecule has 6 nitrogen and oxygen atoms in total. The van der Waals surface area contributed by atoms with Crippen molar-refractivity contribution in [3.05, 3.63) is 41.3 Å². The van der Waals surface area contributed by atoms with E-state index in [1.807, 2.05) is 43.3 Å². The average molecular weight is 309 g/mol. The van der Waals surface area contributed by atoms with E-state index in [4.69, 9.17) is 4.52 Å². The van der Waals surface area contributed by atoms with Crippen LogP contribution >= 0.6 is 0 Å². The first-order valence-corrected chi connectivity index (χ1v) is 7.98. The third kappa shape index (κ3) is 3.43. The van der Waals surface area contributed by atoms with Gasteiger partial charge in [0.05, 0.1) is 0 Å². The fraction of sp³-hybridized carbons (Fsp3) is 0.357. The fourth-order valence-corrected chi connectivity index (χ4v) is 3.36. The highest BCUT2D eigenvalue weighted by Crippen LogP contribution is 2.19. The highest BCUT2D eigenvalue weighted by molar-refractivity contribution is 7.89. The summed E-state index contributed by atoms with van der Waals surface area (Å²) in [5.41, 5.74) is 2.31. The van der Waals surface area contributed by atoms with Gasteiger partial charge in [-0.05, 0) is 31.5 Å². The molecule has 114 valence electrons. The van der Waals surface area contributed by atoms with Crippen molar-refractivity contribution >= 4 is 15.7 Å². The molecular weight excluding hydrogens is 290 g/mol. The normalized spacial score (nSPS) is 11.6. The van der Waals surface area contributed by atoms with Crippen molar-refractivity contribution < 1.29 is 12.9 Å². The van der Waals surface area contributed by atoms with Crippen LogP contribution in [0.4, 0.5) is 5.69 Å². The molecule has 0 amide bonds. The topological polar surface area (TPSA) is 75.4 Å². The zero-order valence-corrected chi connectivity index (χ0v) is 13.4. The van der Waals surface area contributed by atoms with Crippen LogP contribution in [0.1, 0.15) is 17.0 Å². The Bertz CT molecular complexity index is 699. The van der Waals surface area contributed by atoms with Crippen molar-refractivity contribution in [2.24, 2.45) is 0 Å². The number of nitrogens with zero attached hydrogens (tertiary/aromatic N) is 2. The lowest BCUT2D eigenvalue weighted by atomic mass is 10.2. The molecule has 1 heterocycles. The van der Waals surface area contributed by atoms with Crippen LogP contribution < -0.4 is 9.62 Å². The number of nitrogens with one attached hydrogen (secondary N) is 1. The van der Waals surface area contributed by atoms with Crippen LogP contribution in [0, 0.1) is 13.8 Å². The van der Waals surface area contributed by atoms with Crippen molar-refractivity contribution in [1.82, 2.24) is 9.88 Å². The molecule has 0 spiro atoms. The van der Waals surface area contributed by atoms with Crippen LogP contribution in [-0.2, 0) is 16.6 Å². The van der Waals surface area contributed by atoms with Gasteiger partial charge in [0.25, 0.3) is 0 Å². The predicted molar refractivity (Wildman–Crippen MR) is 80.8 cm³/mol.